The second-order valence-electron chi connectivity index (χ2n) is 2.77. The van der Waals surface area contributed by atoms with E-state index in [9.17, 15) is 4.79 Å². The van der Waals surface area contributed by atoms with E-state index in [2.05, 4.69) is 20.7 Å². The third kappa shape index (κ3) is 1.65. The summed E-state index contributed by atoms with van der Waals surface area (Å²) in [6.45, 7) is 0.576. The van der Waals surface area contributed by atoms with Crippen molar-refractivity contribution < 1.29 is 13.9 Å². The minimum atomic E-state index is 0.171. The van der Waals surface area contributed by atoms with Crippen molar-refractivity contribution in [2.75, 3.05) is 0 Å². The summed E-state index contributed by atoms with van der Waals surface area (Å²) in [5, 5.41) is 0.983. The average Bonchev–Trinajstić information content (AvgIpc) is 2.59. The van der Waals surface area contributed by atoms with Crippen molar-refractivity contribution in [2.24, 2.45) is 0 Å². The Balaban J connectivity index is 2.41. The number of carbonyl (C=O) groups excluding carboxylic acids is 1. The van der Waals surface area contributed by atoms with Gasteiger partial charge in [-0.2, -0.15) is 0 Å². The van der Waals surface area contributed by atoms with Crippen LogP contribution in [0.4, 0.5) is 0 Å². The molecule has 0 radical (unpaired) electrons. The first-order valence-corrected chi connectivity index (χ1v) is 4.83. The van der Waals surface area contributed by atoms with Gasteiger partial charge in [-0.25, -0.2) is 0 Å². The highest BCUT2D eigenvalue weighted by Crippen LogP contribution is 2.27. The molecule has 1 aromatic heterocycles. The van der Waals surface area contributed by atoms with Crippen LogP contribution in [-0.2, 0) is 16.1 Å². The van der Waals surface area contributed by atoms with Crippen molar-refractivity contribution in [3.8, 4) is 0 Å². The zero-order valence-electron chi connectivity index (χ0n) is 7.20. The van der Waals surface area contributed by atoms with Gasteiger partial charge in [-0.1, -0.05) is 22.0 Å². The molecule has 0 atom stereocenters. The highest BCUT2D eigenvalue weighted by atomic mass is 79.9. The molecule has 72 valence electrons. The van der Waals surface area contributed by atoms with Crippen molar-refractivity contribution >= 4 is 33.4 Å². The quantitative estimate of drug-likeness (QED) is 0.791. The fourth-order valence-corrected chi connectivity index (χ4v) is 1.73. The van der Waals surface area contributed by atoms with Crippen molar-refractivity contribution in [3.05, 3.63) is 34.5 Å². The maximum absolute atomic E-state index is 9.99. The Morgan fingerprint density at radius 2 is 2.36 bits per heavy atom. The number of rotatable bonds is 3. The van der Waals surface area contributed by atoms with Gasteiger partial charge in [0.15, 0.2) is 0 Å². The van der Waals surface area contributed by atoms with Crippen molar-refractivity contribution in [3.63, 3.8) is 0 Å². The van der Waals surface area contributed by atoms with E-state index in [1.807, 2.05) is 24.3 Å². The number of carbonyl (C=O) groups is 1. The molecule has 0 saturated heterocycles. The van der Waals surface area contributed by atoms with Gasteiger partial charge >= 0.3 is 0 Å². The third-order valence-corrected chi connectivity index (χ3v) is 2.54. The first-order chi connectivity index (χ1) is 6.81. The number of ether oxygens (including phenoxy) is 1. The van der Waals surface area contributed by atoms with Gasteiger partial charge in [-0.15, -0.1) is 0 Å². The molecule has 0 aliphatic rings. The molecule has 0 amide bonds. The molecule has 2 rings (SSSR count). The zero-order valence-corrected chi connectivity index (χ0v) is 8.78. The van der Waals surface area contributed by atoms with E-state index in [0.29, 0.717) is 12.2 Å². The Morgan fingerprint density at radius 1 is 1.50 bits per heavy atom. The zero-order chi connectivity index (χ0) is 9.97. The molecule has 1 aromatic carbocycles. The van der Waals surface area contributed by atoms with Gasteiger partial charge in [-0.3, -0.25) is 4.79 Å². The molecule has 0 spiro atoms. The van der Waals surface area contributed by atoms with E-state index in [1.54, 1.807) is 0 Å². The second kappa shape index (κ2) is 3.84. The molecule has 0 aliphatic carbocycles. The summed E-state index contributed by atoms with van der Waals surface area (Å²) < 4.78 is 11.0. The Bertz CT molecular complexity index is 461. The molecule has 1 heterocycles. The number of benzene rings is 1. The Morgan fingerprint density at radius 3 is 3.07 bits per heavy atom. The minimum absolute atomic E-state index is 0.171. The van der Waals surface area contributed by atoms with E-state index in [1.165, 1.54) is 0 Å². The standard InChI is InChI=1S/C10H7BrO3/c11-9-2-1-3-10-8(9)4-7(14-10)5-13-6-12/h1-4,6H,5H2. The lowest BCUT2D eigenvalue weighted by molar-refractivity contribution is -0.130. The minimum Gasteiger partial charge on any atom is -0.460 e. The molecule has 0 saturated carbocycles. The van der Waals surface area contributed by atoms with Crippen LogP contribution in [0.25, 0.3) is 11.0 Å². The smallest absolute Gasteiger partial charge is 0.293 e. The lowest BCUT2D eigenvalue weighted by atomic mass is 10.2. The topological polar surface area (TPSA) is 39.4 Å². The monoisotopic (exact) mass is 254 g/mol. The van der Waals surface area contributed by atoms with Gasteiger partial charge in [0.2, 0.25) is 0 Å². The van der Waals surface area contributed by atoms with E-state index in [0.717, 1.165) is 15.4 Å². The van der Waals surface area contributed by atoms with E-state index >= 15 is 0 Å². The fraction of sp³-hybridized carbons (Fsp3) is 0.100. The average molecular weight is 255 g/mol. The molecule has 14 heavy (non-hydrogen) atoms. The summed E-state index contributed by atoms with van der Waals surface area (Å²) in [6, 6.07) is 7.54. The van der Waals surface area contributed by atoms with Crippen molar-refractivity contribution in [1.29, 1.82) is 0 Å². The van der Waals surface area contributed by atoms with Crippen LogP contribution in [-0.4, -0.2) is 6.47 Å². The SMILES string of the molecule is O=COCc1cc2c(Br)cccc2o1. The van der Waals surface area contributed by atoms with E-state index in [4.69, 9.17) is 4.42 Å². The van der Waals surface area contributed by atoms with Crippen LogP contribution in [0.3, 0.4) is 0 Å². The normalized spacial score (nSPS) is 10.4. The first kappa shape index (κ1) is 9.27. The Hall–Kier alpha value is -1.29. The van der Waals surface area contributed by atoms with Crippen LogP contribution in [0, 0.1) is 0 Å². The molecule has 4 heteroatoms. The van der Waals surface area contributed by atoms with Gasteiger partial charge in [-0.05, 0) is 18.2 Å². The lowest BCUT2D eigenvalue weighted by Crippen LogP contribution is -1.85. The molecular formula is C10H7BrO3. The number of halogens is 1. The number of hydrogen-bond donors (Lipinski definition) is 0. The highest BCUT2D eigenvalue weighted by Gasteiger charge is 2.05. The van der Waals surface area contributed by atoms with Gasteiger partial charge in [0.1, 0.15) is 18.0 Å². The summed E-state index contributed by atoms with van der Waals surface area (Å²) in [5.74, 6) is 0.638. The van der Waals surface area contributed by atoms with Crippen LogP contribution >= 0.6 is 15.9 Å². The van der Waals surface area contributed by atoms with Crippen LogP contribution in [0.15, 0.2) is 33.2 Å². The molecule has 3 nitrogen and oxygen atoms in total. The molecular weight excluding hydrogens is 248 g/mol. The summed E-state index contributed by atoms with van der Waals surface area (Å²) in [5.41, 5.74) is 0.781. The first-order valence-electron chi connectivity index (χ1n) is 4.03. The maximum Gasteiger partial charge on any atom is 0.293 e. The Kier molecular flexibility index (Phi) is 2.54. The molecule has 0 unspecified atom stereocenters. The molecule has 2 aromatic rings. The summed E-state index contributed by atoms with van der Waals surface area (Å²) in [7, 11) is 0. The summed E-state index contributed by atoms with van der Waals surface area (Å²) in [6.07, 6.45) is 0. The number of furan rings is 1. The van der Waals surface area contributed by atoms with Gasteiger partial charge < -0.3 is 9.15 Å². The van der Waals surface area contributed by atoms with Crippen LogP contribution in [0.2, 0.25) is 0 Å². The molecule has 0 bridgehead atoms. The summed E-state index contributed by atoms with van der Waals surface area (Å²) >= 11 is 3.41. The van der Waals surface area contributed by atoms with E-state index < -0.39 is 0 Å². The van der Waals surface area contributed by atoms with E-state index in [-0.39, 0.29) is 6.61 Å². The van der Waals surface area contributed by atoms with Gasteiger partial charge in [0.05, 0.1) is 0 Å². The second-order valence-corrected chi connectivity index (χ2v) is 3.63. The van der Waals surface area contributed by atoms with Gasteiger partial charge in [0.25, 0.3) is 6.47 Å². The largest absolute Gasteiger partial charge is 0.460 e. The lowest BCUT2D eigenvalue weighted by Gasteiger charge is -1.90. The van der Waals surface area contributed by atoms with Crippen LogP contribution < -0.4 is 0 Å². The highest BCUT2D eigenvalue weighted by molar-refractivity contribution is 9.10. The Labute approximate surface area is 88.8 Å². The van der Waals surface area contributed by atoms with Crippen LogP contribution in [0.1, 0.15) is 5.76 Å². The maximum atomic E-state index is 9.99. The molecule has 0 fully saturated rings. The summed E-state index contributed by atoms with van der Waals surface area (Å²) in [4.78, 5) is 9.99. The molecule has 0 aliphatic heterocycles. The number of fused-ring (bicyclic) bond motifs is 1. The fourth-order valence-electron chi connectivity index (χ4n) is 1.27. The van der Waals surface area contributed by atoms with Gasteiger partial charge in [0, 0.05) is 9.86 Å². The predicted molar refractivity (Wildman–Crippen MR) is 54.8 cm³/mol. The van der Waals surface area contributed by atoms with Crippen molar-refractivity contribution in [1.82, 2.24) is 0 Å². The molecule has 0 N–H and O–H groups in total. The van der Waals surface area contributed by atoms with Crippen LogP contribution in [0.5, 0.6) is 0 Å². The number of hydrogen-bond acceptors (Lipinski definition) is 3. The third-order valence-electron chi connectivity index (χ3n) is 1.85. The predicted octanol–water partition coefficient (Wildman–Crippen LogP) is 2.87. The van der Waals surface area contributed by atoms with Crippen molar-refractivity contribution in [2.45, 2.75) is 6.61 Å².